The van der Waals surface area contributed by atoms with Crippen molar-refractivity contribution in [3.8, 4) is 0 Å². The van der Waals surface area contributed by atoms with Crippen molar-refractivity contribution in [2.24, 2.45) is 5.84 Å². The third kappa shape index (κ3) is 5.82. The maximum absolute atomic E-state index is 5.38. The van der Waals surface area contributed by atoms with E-state index in [1.807, 2.05) is 13.8 Å². The van der Waals surface area contributed by atoms with Gasteiger partial charge in [0.1, 0.15) is 18.0 Å². The van der Waals surface area contributed by atoms with Crippen molar-refractivity contribution < 1.29 is 9.47 Å². The summed E-state index contributed by atoms with van der Waals surface area (Å²) in [5.74, 6) is 6.75. The second-order valence-corrected chi connectivity index (χ2v) is 3.79. The Labute approximate surface area is 114 Å². The third-order valence-corrected chi connectivity index (χ3v) is 2.54. The molecular formula is C12H23N5O2. The zero-order valence-electron chi connectivity index (χ0n) is 11.6. The first-order valence-corrected chi connectivity index (χ1v) is 6.50. The van der Waals surface area contributed by atoms with Crippen LogP contribution in [0.15, 0.2) is 12.4 Å². The van der Waals surface area contributed by atoms with E-state index in [9.17, 15) is 0 Å². The van der Waals surface area contributed by atoms with Crippen LogP contribution >= 0.6 is 0 Å². The Hall–Kier alpha value is -1.44. The number of nitrogen functional groups attached to an aromatic ring is 1. The molecule has 0 spiro atoms. The van der Waals surface area contributed by atoms with Crippen LogP contribution in [0.2, 0.25) is 0 Å². The van der Waals surface area contributed by atoms with E-state index in [1.165, 1.54) is 6.33 Å². The van der Waals surface area contributed by atoms with Crippen LogP contribution in [0.3, 0.4) is 0 Å². The van der Waals surface area contributed by atoms with Gasteiger partial charge in [-0.2, -0.15) is 0 Å². The number of nitrogens with one attached hydrogen (secondary N) is 1. The molecule has 7 heteroatoms. The van der Waals surface area contributed by atoms with Crippen molar-refractivity contribution in [3.63, 3.8) is 0 Å². The number of hydrogen-bond acceptors (Lipinski definition) is 7. The summed E-state index contributed by atoms with van der Waals surface area (Å²) in [5, 5.41) is 0. The number of hydrazine groups is 1. The molecule has 0 saturated carbocycles. The molecule has 3 N–H and O–H groups in total. The molecule has 0 aliphatic heterocycles. The van der Waals surface area contributed by atoms with Gasteiger partial charge in [-0.25, -0.2) is 15.8 Å². The zero-order chi connectivity index (χ0) is 13.9. The summed E-state index contributed by atoms with van der Waals surface area (Å²) in [6.07, 6.45) is 1.49. The molecule has 0 atom stereocenters. The number of ether oxygens (including phenoxy) is 2. The maximum Gasteiger partial charge on any atom is 0.145 e. The highest BCUT2D eigenvalue weighted by Crippen LogP contribution is 2.13. The quantitative estimate of drug-likeness (QED) is 0.366. The number of aromatic nitrogens is 2. The molecule has 1 aromatic rings. The van der Waals surface area contributed by atoms with Crippen molar-refractivity contribution in [3.05, 3.63) is 12.4 Å². The molecule has 1 heterocycles. The van der Waals surface area contributed by atoms with E-state index in [0.29, 0.717) is 32.2 Å². The van der Waals surface area contributed by atoms with E-state index >= 15 is 0 Å². The summed E-state index contributed by atoms with van der Waals surface area (Å²) >= 11 is 0. The van der Waals surface area contributed by atoms with Crippen LogP contribution in [0.1, 0.15) is 13.8 Å². The maximum atomic E-state index is 5.38. The monoisotopic (exact) mass is 269 g/mol. The molecule has 0 fully saturated rings. The van der Waals surface area contributed by atoms with Gasteiger partial charge in [0.2, 0.25) is 0 Å². The van der Waals surface area contributed by atoms with Crippen molar-refractivity contribution >= 4 is 11.6 Å². The van der Waals surface area contributed by atoms with E-state index in [2.05, 4.69) is 20.3 Å². The van der Waals surface area contributed by atoms with Crippen molar-refractivity contribution in [1.29, 1.82) is 0 Å². The summed E-state index contributed by atoms with van der Waals surface area (Å²) in [5.41, 5.74) is 2.52. The van der Waals surface area contributed by atoms with E-state index in [1.54, 1.807) is 6.07 Å². The van der Waals surface area contributed by atoms with Gasteiger partial charge >= 0.3 is 0 Å². The lowest BCUT2D eigenvalue weighted by molar-refractivity contribution is 0.141. The number of anilines is 2. The molecule has 0 aliphatic rings. The normalized spacial score (nSPS) is 10.5. The van der Waals surface area contributed by atoms with Crippen LogP contribution in [-0.4, -0.2) is 49.5 Å². The fourth-order valence-electron chi connectivity index (χ4n) is 1.58. The first-order chi connectivity index (χ1) is 9.31. The Kier molecular flexibility index (Phi) is 7.80. The standard InChI is InChI=1S/C12H23N5O2/c1-3-18-7-5-17(6-8-19-4-2)12-9-11(16-13)14-10-15-12/h9-10H,3-8,13H2,1-2H3,(H,14,15,16). The van der Waals surface area contributed by atoms with Gasteiger partial charge in [0.15, 0.2) is 0 Å². The topological polar surface area (TPSA) is 85.5 Å². The zero-order valence-corrected chi connectivity index (χ0v) is 11.6. The lowest BCUT2D eigenvalue weighted by Crippen LogP contribution is -2.32. The fraction of sp³-hybridized carbons (Fsp3) is 0.667. The van der Waals surface area contributed by atoms with Crippen molar-refractivity contribution in [2.75, 3.05) is 49.8 Å². The Balaban J connectivity index is 2.63. The summed E-state index contributed by atoms with van der Waals surface area (Å²) in [6, 6.07) is 1.80. The van der Waals surface area contributed by atoms with Crippen LogP contribution in [0.4, 0.5) is 11.6 Å². The van der Waals surface area contributed by atoms with E-state index in [-0.39, 0.29) is 0 Å². The van der Waals surface area contributed by atoms with E-state index < -0.39 is 0 Å². The van der Waals surface area contributed by atoms with Gasteiger partial charge in [0.05, 0.1) is 13.2 Å². The Bertz CT molecular complexity index is 341. The second kappa shape index (κ2) is 9.48. The fourth-order valence-corrected chi connectivity index (χ4v) is 1.58. The Morgan fingerprint density at radius 2 is 1.79 bits per heavy atom. The highest BCUT2D eigenvalue weighted by Gasteiger charge is 2.09. The van der Waals surface area contributed by atoms with Gasteiger partial charge in [0, 0.05) is 32.4 Å². The van der Waals surface area contributed by atoms with Gasteiger partial charge in [-0.05, 0) is 13.8 Å². The number of hydrogen-bond donors (Lipinski definition) is 2. The van der Waals surface area contributed by atoms with Crippen LogP contribution in [-0.2, 0) is 9.47 Å². The van der Waals surface area contributed by atoms with Crippen molar-refractivity contribution in [2.45, 2.75) is 13.8 Å². The van der Waals surface area contributed by atoms with Crippen molar-refractivity contribution in [1.82, 2.24) is 9.97 Å². The molecule has 0 bridgehead atoms. The predicted molar refractivity (Wildman–Crippen MR) is 75.0 cm³/mol. The van der Waals surface area contributed by atoms with Gasteiger partial charge in [-0.3, -0.25) is 0 Å². The molecule has 108 valence electrons. The van der Waals surface area contributed by atoms with Gasteiger partial charge in [-0.15, -0.1) is 0 Å². The summed E-state index contributed by atoms with van der Waals surface area (Å²) < 4.78 is 10.8. The average Bonchev–Trinajstić information content (AvgIpc) is 2.46. The summed E-state index contributed by atoms with van der Waals surface area (Å²) in [7, 11) is 0. The smallest absolute Gasteiger partial charge is 0.145 e. The lowest BCUT2D eigenvalue weighted by atomic mass is 10.4. The SMILES string of the molecule is CCOCCN(CCOCC)c1cc(NN)ncn1. The van der Waals surface area contributed by atoms with Crippen LogP contribution in [0, 0.1) is 0 Å². The number of nitrogens with two attached hydrogens (primary N) is 1. The van der Waals surface area contributed by atoms with Gasteiger partial charge in [-0.1, -0.05) is 0 Å². The Morgan fingerprint density at radius 3 is 2.32 bits per heavy atom. The number of nitrogens with zero attached hydrogens (tertiary/aromatic N) is 3. The summed E-state index contributed by atoms with van der Waals surface area (Å²) in [6.45, 7) is 8.18. The molecule has 0 unspecified atom stereocenters. The average molecular weight is 269 g/mol. The third-order valence-electron chi connectivity index (χ3n) is 2.54. The largest absolute Gasteiger partial charge is 0.380 e. The van der Waals surface area contributed by atoms with Crippen LogP contribution in [0.25, 0.3) is 0 Å². The minimum atomic E-state index is 0.586. The molecule has 0 aromatic carbocycles. The highest BCUT2D eigenvalue weighted by molar-refractivity contribution is 5.47. The Morgan fingerprint density at radius 1 is 1.16 bits per heavy atom. The molecule has 0 amide bonds. The van der Waals surface area contributed by atoms with E-state index in [0.717, 1.165) is 18.9 Å². The number of rotatable bonds is 10. The minimum absolute atomic E-state index is 0.586. The van der Waals surface area contributed by atoms with Gasteiger partial charge in [0.25, 0.3) is 0 Å². The first-order valence-electron chi connectivity index (χ1n) is 6.50. The molecule has 19 heavy (non-hydrogen) atoms. The molecule has 1 aromatic heterocycles. The van der Waals surface area contributed by atoms with Crippen LogP contribution < -0.4 is 16.2 Å². The molecule has 0 aliphatic carbocycles. The highest BCUT2D eigenvalue weighted by atomic mass is 16.5. The first kappa shape index (κ1) is 15.6. The molecule has 0 radical (unpaired) electrons. The molecule has 0 saturated heterocycles. The summed E-state index contributed by atoms with van der Waals surface area (Å²) in [4.78, 5) is 10.3. The van der Waals surface area contributed by atoms with Gasteiger partial charge < -0.3 is 19.8 Å². The molecule has 7 nitrogen and oxygen atoms in total. The lowest BCUT2D eigenvalue weighted by Gasteiger charge is -2.23. The molecule has 1 rings (SSSR count). The molecular weight excluding hydrogens is 246 g/mol. The predicted octanol–water partition coefficient (Wildman–Crippen LogP) is 0.642. The van der Waals surface area contributed by atoms with Crippen LogP contribution in [0.5, 0.6) is 0 Å². The second-order valence-electron chi connectivity index (χ2n) is 3.79. The minimum Gasteiger partial charge on any atom is -0.380 e. The van der Waals surface area contributed by atoms with E-state index in [4.69, 9.17) is 15.3 Å².